The Bertz CT molecular complexity index is 2960. The summed E-state index contributed by atoms with van der Waals surface area (Å²) in [5, 5.41) is 7.31. The first kappa shape index (κ1) is 27.1. The van der Waals surface area contributed by atoms with E-state index in [0.717, 1.165) is 44.1 Å². The average molecular weight is 638 g/mol. The van der Waals surface area contributed by atoms with Crippen LogP contribution in [-0.4, -0.2) is 23.9 Å². The number of benzene rings is 7. The molecule has 0 bridgehead atoms. The van der Waals surface area contributed by atoms with Crippen LogP contribution in [0.1, 0.15) is 0 Å². The third kappa shape index (κ3) is 3.80. The van der Waals surface area contributed by atoms with Gasteiger partial charge < -0.3 is 4.40 Å². The summed E-state index contributed by atoms with van der Waals surface area (Å²) in [6.45, 7) is 0. The van der Waals surface area contributed by atoms with Crippen molar-refractivity contribution in [3.05, 3.63) is 164 Å². The number of fused-ring (bicyclic) bond motifs is 9. The smallest absolute Gasteiger partial charge is 0.238 e. The number of aromatic nitrogens is 5. The highest BCUT2D eigenvalue weighted by Crippen LogP contribution is 2.43. The average Bonchev–Trinajstić information content (AvgIpc) is 3.83. The molecule has 4 aromatic heterocycles. The van der Waals surface area contributed by atoms with E-state index in [1.54, 1.807) is 0 Å². The minimum Gasteiger partial charge on any atom is -0.308 e. The lowest BCUT2D eigenvalue weighted by Gasteiger charge is -2.13. The van der Waals surface area contributed by atoms with Crippen molar-refractivity contribution in [3.63, 3.8) is 0 Å². The lowest BCUT2D eigenvalue weighted by Crippen LogP contribution is -2.06. The third-order valence-corrected chi connectivity index (χ3v) is 10.1. The molecule has 5 heteroatoms. The molecule has 0 radical (unpaired) electrons. The molecule has 232 valence electrons. The van der Waals surface area contributed by atoms with E-state index >= 15 is 0 Å². The van der Waals surface area contributed by atoms with Gasteiger partial charge in [0.15, 0.2) is 11.6 Å². The van der Waals surface area contributed by atoms with Gasteiger partial charge in [-0.3, -0.25) is 4.57 Å². The highest BCUT2D eigenvalue weighted by Gasteiger charge is 2.22. The molecular formula is C45H27N5. The fourth-order valence-electron chi connectivity index (χ4n) is 7.97. The van der Waals surface area contributed by atoms with Crippen LogP contribution in [0.5, 0.6) is 0 Å². The molecular weight excluding hydrogens is 611 g/mol. The van der Waals surface area contributed by atoms with Gasteiger partial charge in [-0.2, -0.15) is 9.97 Å². The van der Waals surface area contributed by atoms with Crippen molar-refractivity contribution >= 4 is 59.9 Å². The maximum atomic E-state index is 5.29. The van der Waals surface area contributed by atoms with E-state index in [1.165, 1.54) is 38.1 Å². The lowest BCUT2D eigenvalue weighted by molar-refractivity contribution is 0.953. The molecule has 0 N–H and O–H groups in total. The Balaban J connectivity index is 1.20. The Morgan fingerprint density at radius 3 is 1.40 bits per heavy atom. The van der Waals surface area contributed by atoms with Gasteiger partial charge >= 0.3 is 0 Å². The molecule has 0 atom stereocenters. The van der Waals surface area contributed by atoms with Crippen molar-refractivity contribution in [3.8, 4) is 39.9 Å². The Morgan fingerprint density at radius 1 is 0.340 bits per heavy atom. The zero-order valence-electron chi connectivity index (χ0n) is 26.8. The summed E-state index contributed by atoms with van der Waals surface area (Å²) in [4.78, 5) is 15.6. The minimum atomic E-state index is 0.590. The second kappa shape index (κ2) is 10.3. The normalized spacial score (nSPS) is 12.0. The van der Waals surface area contributed by atoms with Gasteiger partial charge in [-0.25, -0.2) is 4.98 Å². The van der Waals surface area contributed by atoms with E-state index in [2.05, 4.69) is 155 Å². The summed E-state index contributed by atoms with van der Waals surface area (Å²) in [6.07, 6.45) is 0. The zero-order chi connectivity index (χ0) is 32.8. The van der Waals surface area contributed by atoms with Gasteiger partial charge in [0.1, 0.15) is 0 Å². The highest BCUT2D eigenvalue weighted by atomic mass is 15.2. The van der Waals surface area contributed by atoms with Crippen LogP contribution in [0.25, 0.3) is 99.8 Å². The molecule has 11 aromatic rings. The maximum absolute atomic E-state index is 5.29. The van der Waals surface area contributed by atoms with Crippen molar-refractivity contribution in [2.24, 2.45) is 0 Å². The molecule has 0 saturated heterocycles. The molecule has 0 aliphatic heterocycles. The predicted molar refractivity (Wildman–Crippen MR) is 205 cm³/mol. The number of rotatable bonds is 4. The van der Waals surface area contributed by atoms with Crippen molar-refractivity contribution < 1.29 is 0 Å². The molecule has 7 aromatic carbocycles. The van der Waals surface area contributed by atoms with E-state index in [-0.39, 0.29) is 0 Å². The summed E-state index contributed by atoms with van der Waals surface area (Å²) < 4.78 is 4.59. The lowest BCUT2D eigenvalue weighted by atomic mass is 9.95. The van der Waals surface area contributed by atoms with E-state index < -0.39 is 0 Å². The molecule has 50 heavy (non-hydrogen) atoms. The SMILES string of the molecule is c1ccc(-c2nc(-c3ccccc3-c3cc4c5ccccc5n5c6ccccc6c(c3)c45)nc(-n3c4ccccc4c4ccccc43)n2)cc1. The summed E-state index contributed by atoms with van der Waals surface area (Å²) >= 11 is 0. The number of nitrogens with zero attached hydrogens (tertiary/aromatic N) is 5. The predicted octanol–water partition coefficient (Wildman–Crippen LogP) is 11.1. The molecule has 0 aliphatic rings. The van der Waals surface area contributed by atoms with Gasteiger partial charge in [-0.05, 0) is 47.5 Å². The van der Waals surface area contributed by atoms with E-state index in [4.69, 9.17) is 15.0 Å². The third-order valence-electron chi connectivity index (χ3n) is 10.1. The first-order chi connectivity index (χ1) is 24.8. The fourth-order valence-corrected chi connectivity index (χ4v) is 7.97. The quantitative estimate of drug-likeness (QED) is 0.193. The van der Waals surface area contributed by atoms with Gasteiger partial charge in [-0.1, -0.05) is 127 Å². The number of hydrogen-bond donors (Lipinski definition) is 0. The van der Waals surface area contributed by atoms with Crippen molar-refractivity contribution in [1.29, 1.82) is 0 Å². The van der Waals surface area contributed by atoms with Crippen molar-refractivity contribution in [2.75, 3.05) is 0 Å². The van der Waals surface area contributed by atoms with Crippen LogP contribution < -0.4 is 0 Å². The molecule has 0 aliphatic carbocycles. The van der Waals surface area contributed by atoms with Crippen LogP contribution >= 0.6 is 0 Å². The van der Waals surface area contributed by atoms with Crippen LogP contribution in [0.4, 0.5) is 0 Å². The Morgan fingerprint density at radius 2 is 0.800 bits per heavy atom. The first-order valence-electron chi connectivity index (χ1n) is 16.9. The monoisotopic (exact) mass is 637 g/mol. The second-order valence-corrected chi connectivity index (χ2v) is 12.9. The van der Waals surface area contributed by atoms with Gasteiger partial charge in [-0.15, -0.1) is 0 Å². The standard InChI is InChI=1S/C45H27N5/c1-2-14-28(15-3-1)43-46-44(48-45(47-43)50-40-24-12-6-17-31(40)32-18-7-13-25-41(32)50)35-21-5-4-16-30(35)29-26-36-33-19-8-10-22-38(33)49-39-23-11-9-20-34(39)37(27-29)42(36)49/h1-27H. The number of hydrogen-bond acceptors (Lipinski definition) is 3. The van der Waals surface area contributed by atoms with Crippen LogP contribution in [0, 0.1) is 0 Å². The first-order valence-corrected chi connectivity index (χ1v) is 16.9. The molecule has 0 saturated carbocycles. The molecule has 0 amide bonds. The molecule has 0 spiro atoms. The highest BCUT2D eigenvalue weighted by molar-refractivity contribution is 6.24. The summed E-state index contributed by atoms with van der Waals surface area (Å²) in [5.74, 6) is 1.85. The van der Waals surface area contributed by atoms with E-state index in [1.807, 2.05) is 18.2 Å². The maximum Gasteiger partial charge on any atom is 0.238 e. The van der Waals surface area contributed by atoms with Crippen LogP contribution in [0.2, 0.25) is 0 Å². The summed E-state index contributed by atoms with van der Waals surface area (Å²) in [7, 11) is 0. The largest absolute Gasteiger partial charge is 0.308 e. The van der Waals surface area contributed by atoms with Gasteiger partial charge in [0, 0.05) is 43.4 Å². The Kier molecular flexibility index (Phi) is 5.60. The summed E-state index contributed by atoms with van der Waals surface area (Å²) in [6, 6.07) is 57.7. The molecule has 4 heterocycles. The topological polar surface area (TPSA) is 48.0 Å². The fraction of sp³-hybridized carbons (Fsp3) is 0. The van der Waals surface area contributed by atoms with Crippen LogP contribution in [0.15, 0.2) is 164 Å². The molecule has 11 rings (SSSR count). The van der Waals surface area contributed by atoms with E-state index in [9.17, 15) is 0 Å². The van der Waals surface area contributed by atoms with E-state index in [0.29, 0.717) is 17.6 Å². The molecule has 0 fully saturated rings. The van der Waals surface area contributed by atoms with Gasteiger partial charge in [0.05, 0.1) is 27.6 Å². The Labute approximate surface area is 286 Å². The number of para-hydroxylation sites is 4. The Hall–Kier alpha value is -6.85. The van der Waals surface area contributed by atoms with Gasteiger partial charge in [0.25, 0.3) is 0 Å². The summed E-state index contributed by atoms with van der Waals surface area (Å²) in [5.41, 5.74) is 9.91. The minimum absolute atomic E-state index is 0.590. The van der Waals surface area contributed by atoms with Crippen molar-refractivity contribution in [1.82, 2.24) is 23.9 Å². The second-order valence-electron chi connectivity index (χ2n) is 12.9. The van der Waals surface area contributed by atoms with Gasteiger partial charge in [0.2, 0.25) is 5.95 Å². The van der Waals surface area contributed by atoms with Crippen molar-refractivity contribution in [2.45, 2.75) is 0 Å². The zero-order valence-corrected chi connectivity index (χ0v) is 26.8. The molecule has 5 nitrogen and oxygen atoms in total. The van der Waals surface area contributed by atoms with Crippen LogP contribution in [-0.2, 0) is 0 Å². The van der Waals surface area contributed by atoms with Crippen LogP contribution in [0.3, 0.4) is 0 Å². The molecule has 0 unspecified atom stereocenters.